The molecule has 2 aromatic carbocycles. The van der Waals surface area contributed by atoms with E-state index in [-0.39, 0.29) is 12.3 Å². The Balaban J connectivity index is 1.38. The van der Waals surface area contributed by atoms with Crippen molar-refractivity contribution in [2.75, 3.05) is 13.7 Å². The van der Waals surface area contributed by atoms with Crippen molar-refractivity contribution < 1.29 is 18.3 Å². The first-order chi connectivity index (χ1) is 14.9. The highest BCUT2D eigenvalue weighted by Gasteiger charge is 2.24. The molecule has 1 atom stereocenters. The summed E-state index contributed by atoms with van der Waals surface area (Å²) in [7, 11) is 1.62. The zero-order valence-corrected chi connectivity index (χ0v) is 17.2. The molecule has 0 radical (unpaired) electrons. The number of aromatic nitrogens is 2. The summed E-state index contributed by atoms with van der Waals surface area (Å²) in [6, 6.07) is 10.9. The number of halogens is 2. The summed E-state index contributed by atoms with van der Waals surface area (Å²) >= 11 is 0. The molecule has 1 aliphatic rings. The smallest absolute Gasteiger partial charge is 0.224 e. The van der Waals surface area contributed by atoms with Gasteiger partial charge in [0.2, 0.25) is 5.91 Å². The molecule has 0 saturated heterocycles. The van der Waals surface area contributed by atoms with Crippen LogP contribution in [-0.2, 0) is 24.3 Å². The van der Waals surface area contributed by atoms with Crippen molar-refractivity contribution in [2.45, 2.75) is 32.0 Å². The zero-order valence-electron chi connectivity index (χ0n) is 17.2. The Labute approximate surface area is 179 Å². The van der Waals surface area contributed by atoms with Gasteiger partial charge in [-0.05, 0) is 48.4 Å². The summed E-state index contributed by atoms with van der Waals surface area (Å²) < 4.78 is 33.7. The van der Waals surface area contributed by atoms with Crippen LogP contribution < -0.4 is 10.5 Å². The summed E-state index contributed by atoms with van der Waals surface area (Å²) in [4.78, 5) is 19.2. The van der Waals surface area contributed by atoms with E-state index in [4.69, 9.17) is 15.5 Å². The molecule has 0 fully saturated rings. The molecule has 2 heterocycles. The van der Waals surface area contributed by atoms with E-state index in [0.717, 1.165) is 35.0 Å². The highest BCUT2D eigenvalue weighted by atomic mass is 19.2. The molecule has 1 amide bonds. The molecule has 8 heteroatoms. The molecule has 4 rings (SSSR count). The molecular weight excluding hydrogens is 402 g/mol. The molecule has 3 aromatic rings. The SMILES string of the molecule is COc1ccc(-c2cn3c(n2)CN(C(=O)CC(N)Cc2ccc(F)c(F)c2)CC3)cc1. The average molecular weight is 426 g/mol. The number of imidazole rings is 1. The Bertz CT molecular complexity index is 1080. The summed E-state index contributed by atoms with van der Waals surface area (Å²) in [5.41, 5.74) is 8.50. The van der Waals surface area contributed by atoms with Gasteiger partial charge < -0.3 is 19.9 Å². The van der Waals surface area contributed by atoms with Crippen LogP contribution in [0.3, 0.4) is 0 Å². The van der Waals surface area contributed by atoms with E-state index in [0.29, 0.717) is 31.6 Å². The molecule has 162 valence electrons. The van der Waals surface area contributed by atoms with Gasteiger partial charge in [-0.1, -0.05) is 6.07 Å². The first-order valence-electron chi connectivity index (χ1n) is 10.1. The minimum absolute atomic E-state index is 0.0738. The fourth-order valence-corrected chi connectivity index (χ4v) is 3.76. The Morgan fingerprint density at radius 1 is 1.16 bits per heavy atom. The van der Waals surface area contributed by atoms with Crippen LogP contribution >= 0.6 is 0 Å². The molecule has 2 N–H and O–H groups in total. The molecule has 0 bridgehead atoms. The Kier molecular flexibility index (Phi) is 5.99. The van der Waals surface area contributed by atoms with Gasteiger partial charge in [-0.2, -0.15) is 0 Å². The fraction of sp³-hybridized carbons (Fsp3) is 0.304. The van der Waals surface area contributed by atoms with Crippen LogP contribution in [0, 0.1) is 11.6 Å². The van der Waals surface area contributed by atoms with Gasteiger partial charge in [0.25, 0.3) is 0 Å². The van der Waals surface area contributed by atoms with Gasteiger partial charge in [0.1, 0.15) is 11.6 Å². The molecule has 0 aliphatic carbocycles. The fourth-order valence-electron chi connectivity index (χ4n) is 3.76. The van der Waals surface area contributed by atoms with Gasteiger partial charge in [-0.15, -0.1) is 0 Å². The highest BCUT2D eigenvalue weighted by Crippen LogP contribution is 2.24. The maximum absolute atomic E-state index is 13.4. The lowest BCUT2D eigenvalue weighted by Gasteiger charge is -2.28. The molecule has 0 spiro atoms. The number of hydrogen-bond acceptors (Lipinski definition) is 4. The van der Waals surface area contributed by atoms with Crippen LogP contribution in [-0.4, -0.2) is 40.1 Å². The number of fused-ring (bicyclic) bond motifs is 1. The second-order valence-electron chi connectivity index (χ2n) is 7.70. The molecular formula is C23H24F2N4O2. The predicted octanol–water partition coefficient (Wildman–Crippen LogP) is 3.14. The summed E-state index contributed by atoms with van der Waals surface area (Å²) in [5.74, 6) is -0.281. The maximum Gasteiger partial charge on any atom is 0.224 e. The largest absolute Gasteiger partial charge is 0.497 e. The standard InChI is InChI=1S/C23H24F2N4O2/c1-31-18-5-3-16(4-6-18)21-13-28-8-9-29(14-22(28)27-21)23(30)12-17(26)10-15-2-7-19(24)20(25)11-15/h2-7,11,13,17H,8-10,12,14,26H2,1H3. The minimum Gasteiger partial charge on any atom is -0.497 e. The van der Waals surface area contributed by atoms with E-state index >= 15 is 0 Å². The van der Waals surface area contributed by atoms with Crippen LogP contribution in [0.1, 0.15) is 17.8 Å². The average Bonchev–Trinajstić information content (AvgIpc) is 3.19. The van der Waals surface area contributed by atoms with E-state index in [2.05, 4.69) is 4.57 Å². The second-order valence-corrected chi connectivity index (χ2v) is 7.70. The van der Waals surface area contributed by atoms with Crippen LogP contribution in [0.2, 0.25) is 0 Å². The van der Waals surface area contributed by atoms with E-state index < -0.39 is 17.7 Å². The lowest BCUT2D eigenvalue weighted by atomic mass is 10.0. The molecule has 1 aliphatic heterocycles. The number of rotatable bonds is 6. The van der Waals surface area contributed by atoms with Gasteiger partial charge in [-0.3, -0.25) is 4.79 Å². The summed E-state index contributed by atoms with van der Waals surface area (Å²) in [5, 5.41) is 0. The number of carbonyl (C=O) groups excluding carboxylic acids is 1. The lowest BCUT2D eigenvalue weighted by Crippen LogP contribution is -2.41. The number of nitrogens with two attached hydrogens (primary N) is 1. The zero-order chi connectivity index (χ0) is 22.0. The van der Waals surface area contributed by atoms with Crippen molar-refractivity contribution in [1.82, 2.24) is 14.5 Å². The first-order valence-corrected chi connectivity index (χ1v) is 10.1. The number of nitrogens with zero attached hydrogens (tertiary/aromatic N) is 3. The van der Waals surface area contributed by atoms with Crippen LogP contribution in [0.4, 0.5) is 8.78 Å². The van der Waals surface area contributed by atoms with Crippen molar-refractivity contribution in [3.05, 3.63) is 71.7 Å². The minimum atomic E-state index is -0.911. The second kappa shape index (κ2) is 8.85. The van der Waals surface area contributed by atoms with E-state index in [9.17, 15) is 13.6 Å². The van der Waals surface area contributed by atoms with Crippen molar-refractivity contribution in [3.8, 4) is 17.0 Å². The van der Waals surface area contributed by atoms with Crippen molar-refractivity contribution in [3.63, 3.8) is 0 Å². The van der Waals surface area contributed by atoms with Gasteiger partial charge >= 0.3 is 0 Å². The summed E-state index contributed by atoms with van der Waals surface area (Å²) in [6.45, 7) is 1.64. The van der Waals surface area contributed by atoms with E-state index in [1.807, 2.05) is 30.5 Å². The Morgan fingerprint density at radius 2 is 1.94 bits per heavy atom. The van der Waals surface area contributed by atoms with E-state index in [1.165, 1.54) is 6.07 Å². The van der Waals surface area contributed by atoms with Gasteiger partial charge in [0, 0.05) is 37.3 Å². The maximum atomic E-state index is 13.4. The number of amides is 1. The quantitative estimate of drug-likeness (QED) is 0.657. The normalized spacial score (nSPS) is 14.3. The van der Waals surface area contributed by atoms with Gasteiger partial charge in [-0.25, -0.2) is 13.8 Å². The summed E-state index contributed by atoms with van der Waals surface area (Å²) in [6.07, 6.45) is 2.42. The molecule has 1 unspecified atom stereocenters. The third kappa shape index (κ3) is 4.74. The topological polar surface area (TPSA) is 73.4 Å². The van der Waals surface area contributed by atoms with E-state index in [1.54, 1.807) is 12.0 Å². The Morgan fingerprint density at radius 3 is 2.65 bits per heavy atom. The van der Waals surface area contributed by atoms with Gasteiger partial charge in [0.05, 0.1) is 19.3 Å². The number of benzene rings is 2. The van der Waals surface area contributed by atoms with Crippen LogP contribution in [0.5, 0.6) is 5.75 Å². The molecule has 1 aromatic heterocycles. The number of carbonyl (C=O) groups is 1. The predicted molar refractivity (Wildman–Crippen MR) is 112 cm³/mol. The monoisotopic (exact) mass is 426 g/mol. The number of methoxy groups -OCH3 is 1. The third-order valence-electron chi connectivity index (χ3n) is 5.46. The van der Waals surface area contributed by atoms with Crippen LogP contribution in [0.15, 0.2) is 48.7 Å². The molecule has 31 heavy (non-hydrogen) atoms. The molecule has 0 saturated carbocycles. The first kappa shape index (κ1) is 21.0. The third-order valence-corrected chi connectivity index (χ3v) is 5.46. The van der Waals surface area contributed by atoms with Crippen molar-refractivity contribution in [2.24, 2.45) is 5.73 Å². The lowest BCUT2D eigenvalue weighted by molar-refractivity contribution is -0.133. The number of ether oxygens (including phenoxy) is 1. The molecule has 6 nitrogen and oxygen atoms in total. The highest BCUT2D eigenvalue weighted by molar-refractivity contribution is 5.77. The number of hydrogen-bond donors (Lipinski definition) is 1. The van der Waals surface area contributed by atoms with Crippen molar-refractivity contribution in [1.29, 1.82) is 0 Å². The van der Waals surface area contributed by atoms with Gasteiger partial charge in [0.15, 0.2) is 11.6 Å². The Hall–Kier alpha value is -3.26. The van der Waals surface area contributed by atoms with Crippen LogP contribution in [0.25, 0.3) is 11.3 Å². The van der Waals surface area contributed by atoms with Crippen molar-refractivity contribution >= 4 is 5.91 Å².